The lowest BCUT2D eigenvalue weighted by Crippen LogP contribution is -2.37. The van der Waals surface area contributed by atoms with Crippen LogP contribution in [0, 0.1) is 5.92 Å². The lowest BCUT2D eigenvalue weighted by molar-refractivity contribution is -0.140. The molecule has 1 aliphatic heterocycles. The van der Waals surface area contributed by atoms with Gasteiger partial charge in [-0.05, 0) is 66.6 Å². The molecule has 0 aromatic heterocycles. The highest BCUT2D eigenvalue weighted by Crippen LogP contribution is 2.40. The summed E-state index contributed by atoms with van der Waals surface area (Å²) >= 11 is 0. The number of benzene rings is 2. The lowest BCUT2D eigenvalue weighted by atomic mass is 9.84. The largest absolute Gasteiger partial charge is 0.481 e. The first-order chi connectivity index (χ1) is 15.9. The minimum absolute atomic E-state index is 0.0299. The first-order valence-electron chi connectivity index (χ1n) is 11.2. The third-order valence-electron chi connectivity index (χ3n) is 6.30. The van der Waals surface area contributed by atoms with Gasteiger partial charge in [-0.3, -0.25) is 9.69 Å². The molecule has 2 aromatic rings. The monoisotopic (exact) mass is 487 g/mol. The Hall–Kier alpha value is -2.55. The summed E-state index contributed by atoms with van der Waals surface area (Å²) in [6.07, 6.45) is -6.89. The maximum Gasteiger partial charge on any atom is 0.416 e. The van der Waals surface area contributed by atoms with Crippen LogP contribution in [0.1, 0.15) is 66.5 Å². The second kappa shape index (κ2) is 10.4. The van der Waals surface area contributed by atoms with E-state index < -0.39 is 35.5 Å². The van der Waals surface area contributed by atoms with Gasteiger partial charge in [0.1, 0.15) is 0 Å². The van der Waals surface area contributed by atoms with Crippen molar-refractivity contribution in [3.8, 4) is 0 Å². The number of piperidine rings is 1. The van der Waals surface area contributed by atoms with E-state index in [-0.39, 0.29) is 24.4 Å². The number of carboxylic acids is 1. The highest BCUT2D eigenvalue weighted by Gasteiger charge is 2.37. The van der Waals surface area contributed by atoms with E-state index in [0.717, 1.165) is 30.2 Å². The van der Waals surface area contributed by atoms with Gasteiger partial charge in [-0.2, -0.15) is 26.3 Å². The van der Waals surface area contributed by atoms with Crippen LogP contribution in [-0.4, -0.2) is 22.5 Å². The third-order valence-corrected chi connectivity index (χ3v) is 6.30. The molecule has 0 amide bonds. The van der Waals surface area contributed by atoms with E-state index in [4.69, 9.17) is 0 Å². The van der Waals surface area contributed by atoms with Crippen LogP contribution in [0.3, 0.4) is 0 Å². The Labute approximate surface area is 194 Å². The second-order valence-corrected chi connectivity index (χ2v) is 8.83. The normalized spacial score (nSPS) is 19.9. The van der Waals surface area contributed by atoms with E-state index in [1.807, 2.05) is 11.8 Å². The zero-order valence-corrected chi connectivity index (χ0v) is 18.7. The van der Waals surface area contributed by atoms with E-state index in [0.29, 0.717) is 31.4 Å². The number of hydrogen-bond acceptors (Lipinski definition) is 2. The van der Waals surface area contributed by atoms with Crippen LogP contribution in [0.25, 0.3) is 0 Å². The molecule has 9 heteroatoms. The number of alkyl halides is 6. The number of aliphatic carboxylic acids is 1. The first kappa shape index (κ1) is 26.1. The summed E-state index contributed by atoms with van der Waals surface area (Å²) in [5, 5.41) is 9.19. The summed E-state index contributed by atoms with van der Waals surface area (Å²) in [7, 11) is 0. The van der Waals surface area contributed by atoms with Gasteiger partial charge in [-0.25, -0.2) is 0 Å². The van der Waals surface area contributed by atoms with Crippen LogP contribution in [-0.2, 0) is 30.1 Å². The maximum atomic E-state index is 13.7. The van der Waals surface area contributed by atoms with E-state index in [1.54, 1.807) is 6.07 Å². The van der Waals surface area contributed by atoms with Crippen molar-refractivity contribution in [1.29, 1.82) is 0 Å². The van der Waals surface area contributed by atoms with Gasteiger partial charge in [0.2, 0.25) is 0 Å². The van der Waals surface area contributed by atoms with Crippen LogP contribution in [0.15, 0.2) is 42.5 Å². The number of rotatable bonds is 7. The Morgan fingerprint density at radius 2 is 1.71 bits per heavy atom. The highest BCUT2D eigenvalue weighted by molar-refractivity contribution is 5.67. The van der Waals surface area contributed by atoms with E-state index in [1.165, 1.54) is 18.2 Å². The molecule has 2 unspecified atom stereocenters. The fraction of sp³-hybridized carbons (Fsp3) is 0.480. The molecule has 0 aliphatic carbocycles. The van der Waals surface area contributed by atoms with Crippen molar-refractivity contribution in [2.24, 2.45) is 5.92 Å². The summed E-state index contributed by atoms with van der Waals surface area (Å²) in [4.78, 5) is 13.0. The van der Waals surface area contributed by atoms with Gasteiger partial charge in [0.15, 0.2) is 0 Å². The van der Waals surface area contributed by atoms with Crippen molar-refractivity contribution in [3.63, 3.8) is 0 Å². The SMILES string of the molecule is CCCc1ccc(C(F)(F)F)c(CN2CCC(CC(=O)O)CC2c2ccc(C(F)(F)F)cc2)c1. The van der Waals surface area contributed by atoms with Gasteiger partial charge >= 0.3 is 18.3 Å². The Balaban J connectivity index is 1.95. The summed E-state index contributed by atoms with van der Waals surface area (Å²) < 4.78 is 80.2. The lowest BCUT2D eigenvalue weighted by Gasteiger charge is -2.40. The van der Waals surface area contributed by atoms with Crippen molar-refractivity contribution in [2.45, 2.75) is 64.0 Å². The average Bonchev–Trinajstić information content (AvgIpc) is 2.73. The van der Waals surface area contributed by atoms with Crippen LogP contribution < -0.4 is 0 Å². The number of hydrogen-bond donors (Lipinski definition) is 1. The molecule has 2 atom stereocenters. The van der Waals surface area contributed by atoms with Gasteiger partial charge in [-0.1, -0.05) is 37.6 Å². The number of carbonyl (C=O) groups is 1. The Morgan fingerprint density at radius 3 is 2.26 bits per heavy atom. The van der Waals surface area contributed by atoms with E-state index in [9.17, 15) is 36.2 Å². The summed E-state index contributed by atoms with van der Waals surface area (Å²) in [5.74, 6) is -1.19. The minimum Gasteiger partial charge on any atom is -0.481 e. The molecule has 1 heterocycles. The maximum absolute atomic E-state index is 13.7. The summed E-state index contributed by atoms with van der Waals surface area (Å²) in [6, 6.07) is 8.21. The topological polar surface area (TPSA) is 40.5 Å². The van der Waals surface area contributed by atoms with E-state index >= 15 is 0 Å². The number of likely N-dealkylation sites (tertiary alicyclic amines) is 1. The Kier molecular flexibility index (Phi) is 7.95. The van der Waals surface area contributed by atoms with Gasteiger partial charge in [0, 0.05) is 19.0 Å². The predicted octanol–water partition coefficient (Wildman–Crippen LogP) is 7.10. The average molecular weight is 487 g/mol. The summed E-state index contributed by atoms with van der Waals surface area (Å²) in [5.41, 5.74) is -0.107. The number of aryl methyl sites for hydroxylation is 1. The Bertz CT molecular complexity index is 984. The molecule has 0 bridgehead atoms. The van der Waals surface area contributed by atoms with Crippen molar-refractivity contribution in [1.82, 2.24) is 4.90 Å². The van der Waals surface area contributed by atoms with Gasteiger partial charge in [-0.15, -0.1) is 0 Å². The van der Waals surface area contributed by atoms with Crippen LogP contribution >= 0.6 is 0 Å². The smallest absolute Gasteiger partial charge is 0.416 e. The highest BCUT2D eigenvalue weighted by atomic mass is 19.4. The van der Waals surface area contributed by atoms with Crippen molar-refractivity contribution in [2.75, 3.05) is 6.54 Å². The quantitative estimate of drug-likeness (QED) is 0.424. The molecule has 1 N–H and O–H groups in total. The second-order valence-electron chi connectivity index (χ2n) is 8.83. The first-order valence-corrected chi connectivity index (χ1v) is 11.2. The fourth-order valence-corrected chi connectivity index (χ4v) is 4.67. The molecule has 0 radical (unpaired) electrons. The van der Waals surface area contributed by atoms with Gasteiger partial charge in [0.25, 0.3) is 0 Å². The fourth-order valence-electron chi connectivity index (χ4n) is 4.67. The third kappa shape index (κ3) is 6.52. The molecule has 3 nitrogen and oxygen atoms in total. The molecule has 1 saturated heterocycles. The molecular weight excluding hydrogens is 460 g/mol. The number of carboxylic acid groups (broad SMARTS) is 1. The molecule has 3 rings (SSSR count). The standard InChI is InChI=1S/C25H27F6NO2/c1-2-3-16-4-9-21(25(29,30)31)19(12-16)15-32-11-10-17(14-23(33)34)13-22(32)18-5-7-20(8-6-18)24(26,27)28/h4-9,12,17,22H,2-3,10-11,13-15H2,1H3,(H,33,34). The summed E-state index contributed by atoms with van der Waals surface area (Å²) in [6.45, 7) is 2.25. The molecule has 0 saturated carbocycles. The molecular formula is C25H27F6NO2. The molecule has 34 heavy (non-hydrogen) atoms. The molecule has 1 fully saturated rings. The van der Waals surface area contributed by atoms with Crippen LogP contribution in [0.5, 0.6) is 0 Å². The Morgan fingerprint density at radius 1 is 1.03 bits per heavy atom. The zero-order chi connectivity index (χ0) is 25.1. The van der Waals surface area contributed by atoms with Crippen LogP contribution in [0.2, 0.25) is 0 Å². The number of nitrogens with zero attached hydrogens (tertiary/aromatic N) is 1. The number of halogens is 6. The minimum atomic E-state index is -4.54. The van der Waals surface area contributed by atoms with E-state index in [2.05, 4.69) is 0 Å². The molecule has 2 aromatic carbocycles. The van der Waals surface area contributed by atoms with Crippen molar-refractivity contribution < 1.29 is 36.2 Å². The van der Waals surface area contributed by atoms with Gasteiger partial charge in [0.05, 0.1) is 11.1 Å². The van der Waals surface area contributed by atoms with Gasteiger partial charge < -0.3 is 5.11 Å². The van der Waals surface area contributed by atoms with Crippen LogP contribution in [0.4, 0.5) is 26.3 Å². The zero-order valence-electron chi connectivity index (χ0n) is 18.7. The predicted molar refractivity (Wildman–Crippen MR) is 115 cm³/mol. The molecule has 1 aliphatic rings. The molecule has 186 valence electrons. The van der Waals surface area contributed by atoms with Crippen molar-refractivity contribution >= 4 is 5.97 Å². The molecule has 0 spiro atoms. The van der Waals surface area contributed by atoms with Crippen molar-refractivity contribution in [3.05, 3.63) is 70.3 Å².